The number of halogens is 1. The van der Waals surface area contributed by atoms with Crippen LogP contribution < -0.4 is 5.32 Å². The third kappa shape index (κ3) is 3.91. The lowest BCUT2D eigenvalue weighted by Gasteiger charge is -2.23. The Balaban J connectivity index is 1.95. The number of benzene rings is 2. The van der Waals surface area contributed by atoms with Crippen molar-refractivity contribution < 1.29 is 4.39 Å². The molecule has 1 N–H and O–H groups in total. The van der Waals surface area contributed by atoms with Gasteiger partial charge in [-0.1, -0.05) is 62.4 Å². The van der Waals surface area contributed by atoms with Crippen LogP contribution >= 0.6 is 0 Å². The molecule has 0 spiro atoms. The third-order valence-electron chi connectivity index (χ3n) is 3.54. The molecule has 0 heterocycles. The Bertz CT molecular complexity index is 522. The second kappa shape index (κ2) is 7.20. The monoisotopic (exact) mass is 271 g/mol. The highest BCUT2D eigenvalue weighted by Crippen LogP contribution is 2.21. The molecular formula is C18H22FN. The minimum absolute atomic E-state index is 0.116. The number of hydrogen-bond donors (Lipinski definition) is 1. The first-order chi connectivity index (χ1) is 9.68. The lowest BCUT2D eigenvalue weighted by atomic mass is 9.96. The van der Waals surface area contributed by atoms with Crippen LogP contribution in [0.2, 0.25) is 0 Å². The van der Waals surface area contributed by atoms with Gasteiger partial charge < -0.3 is 5.32 Å². The van der Waals surface area contributed by atoms with Gasteiger partial charge in [-0.3, -0.25) is 0 Å². The highest BCUT2D eigenvalue weighted by Gasteiger charge is 2.14. The van der Waals surface area contributed by atoms with Crippen molar-refractivity contribution in [3.05, 3.63) is 71.5 Å². The summed E-state index contributed by atoms with van der Waals surface area (Å²) in [6.45, 7) is 5.18. The zero-order chi connectivity index (χ0) is 14.4. The zero-order valence-corrected chi connectivity index (χ0v) is 12.1. The molecule has 2 aromatic carbocycles. The van der Waals surface area contributed by atoms with Gasteiger partial charge in [0.2, 0.25) is 0 Å². The Hall–Kier alpha value is -1.67. The lowest BCUT2D eigenvalue weighted by molar-refractivity contribution is 0.413. The lowest BCUT2D eigenvalue weighted by Crippen LogP contribution is -2.27. The van der Waals surface area contributed by atoms with Crippen LogP contribution in [0.5, 0.6) is 0 Å². The molecule has 0 radical (unpaired) electrons. The first-order valence-electron chi connectivity index (χ1n) is 7.20. The average molecular weight is 271 g/mol. The van der Waals surface area contributed by atoms with Gasteiger partial charge in [0.1, 0.15) is 5.82 Å². The van der Waals surface area contributed by atoms with E-state index in [9.17, 15) is 4.39 Å². The Kier molecular flexibility index (Phi) is 5.31. The summed E-state index contributed by atoms with van der Waals surface area (Å²) >= 11 is 0. The summed E-state index contributed by atoms with van der Waals surface area (Å²) in [7, 11) is 0. The second-order valence-corrected chi connectivity index (χ2v) is 5.43. The summed E-state index contributed by atoms with van der Waals surface area (Å²) < 4.78 is 13.6. The quantitative estimate of drug-likeness (QED) is 0.823. The first kappa shape index (κ1) is 14.7. The van der Waals surface area contributed by atoms with E-state index >= 15 is 0 Å². The maximum atomic E-state index is 13.6. The van der Waals surface area contributed by atoms with Gasteiger partial charge in [-0.25, -0.2) is 4.39 Å². The van der Waals surface area contributed by atoms with E-state index in [0.717, 1.165) is 12.1 Å². The van der Waals surface area contributed by atoms with E-state index in [1.54, 1.807) is 6.07 Å². The largest absolute Gasteiger partial charge is 0.309 e. The van der Waals surface area contributed by atoms with Crippen molar-refractivity contribution in [3.8, 4) is 0 Å². The standard InChI is InChI=1S/C18H22FN/c1-14(2)18(16-9-4-3-5-10-16)20-13-12-15-8-6-7-11-17(15)19/h3-11,14,18,20H,12-13H2,1-2H3. The van der Waals surface area contributed by atoms with Gasteiger partial charge in [0.25, 0.3) is 0 Å². The summed E-state index contributed by atoms with van der Waals surface area (Å²) in [6.07, 6.45) is 0.711. The first-order valence-corrected chi connectivity index (χ1v) is 7.20. The van der Waals surface area contributed by atoms with E-state index in [-0.39, 0.29) is 5.82 Å². The Morgan fingerprint density at radius 1 is 0.950 bits per heavy atom. The molecule has 0 amide bonds. The van der Waals surface area contributed by atoms with Crippen LogP contribution in [-0.4, -0.2) is 6.54 Å². The third-order valence-corrected chi connectivity index (χ3v) is 3.54. The van der Waals surface area contributed by atoms with Gasteiger partial charge in [-0.05, 0) is 36.1 Å². The average Bonchev–Trinajstić information content (AvgIpc) is 2.46. The number of hydrogen-bond acceptors (Lipinski definition) is 1. The van der Waals surface area contributed by atoms with Gasteiger partial charge in [0.15, 0.2) is 0 Å². The minimum atomic E-state index is -0.116. The van der Waals surface area contributed by atoms with E-state index < -0.39 is 0 Å². The molecule has 0 aliphatic heterocycles. The molecule has 2 rings (SSSR count). The van der Waals surface area contributed by atoms with E-state index in [1.807, 2.05) is 18.2 Å². The highest BCUT2D eigenvalue weighted by molar-refractivity contribution is 5.20. The summed E-state index contributed by atoms with van der Waals surface area (Å²) in [5.41, 5.74) is 2.06. The molecule has 2 aromatic rings. The van der Waals surface area contributed by atoms with Crippen molar-refractivity contribution in [1.82, 2.24) is 5.32 Å². The second-order valence-electron chi connectivity index (χ2n) is 5.43. The Morgan fingerprint density at radius 3 is 2.25 bits per heavy atom. The van der Waals surface area contributed by atoms with Crippen molar-refractivity contribution in [2.75, 3.05) is 6.54 Å². The van der Waals surface area contributed by atoms with E-state index in [0.29, 0.717) is 18.4 Å². The Morgan fingerprint density at radius 2 is 1.60 bits per heavy atom. The molecule has 0 saturated heterocycles. The van der Waals surface area contributed by atoms with Gasteiger partial charge in [-0.15, -0.1) is 0 Å². The van der Waals surface area contributed by atoms with E-state index in [4.69, 9.17) is 0 Å². The van der Waals surface area contributed by atoms with Crippen molar-refractivity contribution in [2.24, 2.45) is 5.92 Å². The van der Waals surface area contributed by atoms with Crippen LogP contribution in [0.15, 0.2) is 54.6 Å². The number of rotatable bonds is 6. The molecule has 0 saturated carbocycles. The highest BCUT2D eigenvalue weighted by atomic mass is 19.1. The van der Waals surface area contributed by atoms with Gasteiger partial charge in [0, 0.05) is 6.04 Å². The van der Waals surface area contributed by atoms with Crippen LogP contribution in [-0.2, 0) is 6.42 Å². The van der Waals surface area contributed by atoms with Crippen LogP contribution in [0.3, 0.4) is 0 Å². The predicted molar refractivity (Wildman–Crippen MR) is 82.1 cm³/mol. The SMILES string of the molecule is CC(C)C(NCCc1ccccc1F)c1ccccc1. The molecule has 2 heteroatoms. The molecule has 0 bridgehead atoms. The molecular weight excluding hydrogens is 249 g/mol. The molecule has 0 aromatic heterocycles. The van der Waals surface area contributed by atoms with Crippen molar-refractivity contribution in [2.45, 2.75) is 26.3 Å². The van der Waals surface area contributed by atoms with Crippen molar-refractivity contribution >= 4 is 0 Å². The maximum absolute atomic E-state index is 13.6. The molecule has 106 valence electrons. The van der Waals surface area contributed by atoms with Crippen molar-refractivity contribution in [1.29, 1.82) is 0 Å². The van der Waals surface area contributed by atoms with Crippen LogP contribution in [0.25, 0.3) is 0 Å². The summed E-state index contributed by atoms with van der Waals surface area (Å²) in [5, 5.41) is 3.54. The van der Waals surface area contributed by atoms with E-state index in [1.165, 1.54) is 11.6 Å². The summed E-state index contributed by atoms with van der Waals surface area (Å²) in [4.78, 5) is 0. The molecule has 1 atom stereocenters. The van der Waals surface area contributed by atoms with Gasteiger partial charge in [0.05, 0.1) is 0 Å². The zero-order valence-electron chi connectivity index (χ0n) is 12.1. The smallest absolute Gasteiger partial charge is 0.126 e. The summed E-state index contributed by atoms with van der Waals surface area (Å²) in [6, 6.07) is 17.7. The van der Waals surface area contributed by atoms with E-state index in [2.05, 4.69) is 43.4 Å². The van der Waals surface area contributed by atoms with Crippen LogP contribution in [0.4, 0.5) is 4.39 Å². The molecule has 0 aliphatic carbocycles. The molecule has 20 heavy (non-hydrogen) atoms. The Labute approximate surface area is 120 Å². The van der Waals surface area contributed by atoms with Gasteiger partial charge >= 0.3 is 0 Å². The molecule has 0 aliphatic rings. The predicted octanol–water partition coefficient (Wildman–Crippen LogP) is 4.36. The van der Waals surface area contributed by atoms with Crippen molar-refractivity contribution in [3.63, 3.8) is 0 Å². The summed E-state index contributed by atoms with van der Waals surface area (Å²) in [5.74, 6) is 0.383. The van der Waals surface area contributed by atoms with Crippen LogP contribution in [0.1, 0.15) is 31.0 Å². The molecule has 1 unspecified atom stereocenters. The molecule has 0 fully saturated rings. The fraction of sp³-hybridized carbons (Fsp3) is 0.333. The fourth-order valence-corrected chi connectivity index (χ4v) is 2.46. The number of nitrogens with one attached hydrogen (secondary N) is 1. The topological polar surface area (TPSA) is 12.0 Å². The normalized spacial score (nSPS) is 12.6. The molecule has 1 nitrogen and oxygen atoms in total. The minimum Gasteiger partial charge on any atom is -0.309 e. The fourth-order valence-electron chi connectivity index (χ4n) is 2.46. The maximum Gasteiger partial charge on any atom is 0.126 e. The van der Waals surface area contributed by atoms with Crippen LogP contribution in [0, 0.1) is 11.7 Å². The van der Waals surface area contributed by atoms with Gasteiger partial charge in [-0.2, -0.15) is 0 Å².